The average Bonchev–Trinajstić information content (AvgIpc) is 2.38. The van der Waals surface area contributed by atoms with Crippen molar-refractivity contribution in [1.29, 1.82) is 0 Å². The van der Waals surface area contributed by atoms with Crippen molar-refractivity contribution in [2.75, 3.05) is 0 Å². The van der Waals surface area contributed by atoms with Gasteiger partial charge >= 0.3 is 0 Å². The van der Waals surface area contributed by atoms with Gasteiger partial charge in [-0.2, -0.15) is 0 Å². The van der Waals surface area contributed by atoms with Crippen molar-refractivity contribution >= 4 is 17.6 Å². The highest BCUT2D eigenvalue weighted by Gasteiger charge is 2.21. The topological polar surface area (TPSA) is 58.6 Å². The van der Waals surface area contributed by atoms with Crippen LogP contribution in [0.25, 0.3) is 0 Å². The van der Waals surface area contributed by atoms with Crippen LogP contribution in [-0.4, -0.2) is 16.3 Å². The Hall–Kier alpha value is -1.16. The highest BCUT2D eigenvalue weighted by molar-refractivity contribution is 8.00. The third-order valence-corrected chi connectivity index (χ3v) is 5.06. The number of amidine groups is 1. The van der Waals surface area contributed by atoms with Crippen LogP contribution < -0.4 is 5.73 Å². The summed E-state index contributed by atoms with van der Waals surface area (Å²) in [5.74, 6) is 1.01. The van der Waals surface area contributed by atoms with Crippen molar-refractivity contribution < 1.29 is 5.21 Å². The minimum absolute atomic E-state index is 0.200. The first-order chi connectivity index (χ1) is 9.10. The fraction of sp³-hybridized carbons (Fsp3) is 0.533. The molecular weight excluding hydrogens is 256 g/mol. The second-order valence-corrected chi connectivity index (χ2v) is 6.84. The molecule has 4 heteroatoms. The maximum absolute atomic E-state index is 8.88. The third-order valence-electron chi connectivity index (χ3n) is 3.70. The van der Waals surface area contributed by atoms with E-state index >= 15 is 0 Å². The molecule has 2 rings (SSSR count). The van der Waals surface area contributed by atoms with Gasteiger partial charge in [0.25, 0.3) is 0 Å². The van der Waals surface area contributed by atoms with E-state index in [1.54, 1.807) is 0 Å². The maximum atomic E-state index is 8.88. The van der Waals surface area contributed by atoms with Crippen molar-refractivity contribution in [3.8, 4) is 0 Å². The molecule has 0 aliphatic heterocycles. The zero-order valence-electron chi connectivity index (χ0n) is 11.6. The summed E-state index contributed by atoms with van der Waals surface area (Å²) in [7, 11) is 0. The summed E-state index contributed by atoms with van der Waals surface area (Å²) in [4.78, 5) is 1.13. The minimum atomic E-state index is 0.200. The van der Waals surface area contributed by atoms with Crippen molar-refractivity contribution in [2.45, 2.75) is 49.7 Å². The highest BCUT2D eigenvalue weighted by Crippen LogP contribution is 2.37. The van der Waals surface area contributed by atoms with E-state index in [0.717, 1.165) is 16.4 Å². The Bertz CT molecular complexity index is 473. The number of hydrogen-bond donors (Lipinski definition) is 2. The van der Waals surface area contributed by atoms with Crippen LogP contribution in [0.3, 0.4) is 0 Å². The molecule has 0 amide bonds. The lowest BCUT2D eigenvalue weighted by atomic mass is 9.91. The van der Waals surface area contributed by atoms with Crippen LogP contribution in [0.15, 0.2) is 28.3 Å². The highest BCUT2D eigenvalue weighted by atomic mass is 32.2. The number of hydrogen-bond acceptors (Lipinski definition) is 3. The first-order valence-electron chi connectivity index (χ1n) is 6.85. The molecule has 19 heavy (non-hydrogen) atoms. The van der Waals surface area contributed by atoms with Crippen LogP contribution >= 0.6 is 11.8 Å². The van der Waals surface area contributed by atoms with Crippen molar-refractivity contribution in [2.24, 2.45) is 16.8 Å². The monoisotopic (exact) mass is 278 g/mol. The first-order valence-corrected chi connectivity index (χ1v) is 7.73. The van der Waals surface area contributed by atoms with E-state index < -0.39 is 0 Å². The van der Waals surface area contributed by atoms with Gasteiger partial charge in [-0.3, -0.25) is 0 Å². The molecule has 0 radical (unpaired) electrons. The fourth-order valence-electron chi connectivity index (χ4n) is 2.66. The third kappa shape index (κ3) is 3.66. The van der Waals surface area contributed by atoms with Gasteiger partial charge in [0.1, 0.15) is 0 Å². The summed E-state index contributed by atoms with van der Waals surface area (Å²) >= 11 is 1.88. The van der Waals surface area contributed by atoms with Gasteiger partial charge in [-0.05, 0) is 43.4 Å². The van der Waals surface area contributed by atoms with Crippen molar-refractivity contribution in [3.63, 3.8) is 0 Å². The van der Waals surface area contributed by atoms with Crippen LogP contribution in [0.2, 0.25) is 0 Å². The lowest BCUT2D eigenvalue weighted by molar-refractivity contribution is 0.318. The Labute approximate surface area is 119 Å². The number of nitrogens with zero attached hydrogens (tertiary/aromatic N) is 1. The number of oxime groups is 1. The summed E-state index contributed by atoms with van der Waals surface area (Å²) in [6.07, 6.45) is 5.17. The van der Waals surface area contributed by atoms with Crippen LogP contribution in [0.4, 0.5) is 0 Å². The van der Waals surface area contributed by atoms with E-state index in [9.17, 15) is 0 Å². The van der Waals surface area contributed by atoms with Crippen LogP contribution in [0, 0.1) is 12.8 Å². The molecular formula is C15H22N2OS. The summed E-state index contributed by atoms with van der Waals surface area (Å²) in [5, 5.41) is 12.7. The van der Waals surface area contributed by atoms with Crippen molar-refractivity contribution in [1.82, 2.24) is 0 Å². The van der Waals surface area contributed by atoms with Crippen LogP contribution in [0.5, 0.6) is 0 Å². The fourth-order valence-corrected chi connectivity index (χ4v) is 4.28. The Morgan fingerprint density at radius 1 is 1.42 bits per heavy atom. The molecule has 1 aliphatic carbocycles. The number of thioether (sulfide) groups is 1. The van der Waals surface area contributed by atoms with E-state index in [1.807, 2.05) is 23.9 Å². The Balaban J connectivity index is 2.20. The summed E-state index contributed by atoms with van der Waals surface area (Å²) < 4.78 is 0. The van der Waals surface area contributed by atoms with Gasteiger partial charge in [0.05, 0.1) is 0 Å². The smallest absolute Gasteiger partial charge is 0.171 e. The normalized spacial score (nSPS) is 24.4. The molecule has 0 saturated heterocycles. The predicted molar refractivity (Wildman–Crippen MR) is 81.0 cm³/mol. The second-order valence-electron chi connectivity index (χ2n) is 5.50. The molecule has 0 spiro atoms. The van der Waals surface area contributed by atoms with Crippen LogP contribution in [-0.2, 0) is 0 Å². The van der Waals surface area contributed by atoms with Gasteiger partial charge in [0.2, 0.25) is 0 Å². The summed E-state index contributed by atoms with van der Waals surface area (Å²) in [6, 6.07) is 6.08. The molecule has 1 saturated carbocycles. The molecule has 1 aromatic carbocycles. The second kappa shape index (κ2) is 6.33. The lowest BCUT2D eigenvalue weighted by Gasteiger charge is -2.26. The SMILES string of the molecule is Cc1ccc(C(N)=NO)c(SC2CCCC(C)C2)c1. The van der Waals surface area contributed by atoms with E-state index in [1.165, 1.54) is 31.2 Å². The average molecular weight is 278 g/mol. The number of aryl methyl sites for hydroxylation is 1. The summed E-state index contributed by atoms with van der Waals surface area (Å²) in [5.41, 5.74) is 7.82. The van der Waals surface area contributed by atoms with Gasteiger partial charge in [0.15, 0.2) is 5.84 Å². The first kappa shape index (κ1) is 14.3. The zero-order valence-corrected chi connectivity index (χ0v) is 12.4. The molecule has 3 nitrogen and oxygen atoms in total. The molecule has 0 heterocycles. The van der Waals surface area contributed by atoms with E-state index in [-0.39, 0.29) is 5.84 Å². The van der Waals surface area contributed by atoms with Gasteiger partial charge in [-0.25, -0.2) is 0 Å². The lowest BCUT2D eigenvalue weighted by Crippen LogP contribution is -2.17. The number of benzene rings is 1. The molecule has 3 N–H and O–H groups in total. The molecule has 104 valence electrons. The number of nitrogens with two attached hydrogens (primary N) is 1. The molecule has 0 bridgehead atoms. The minimum Gasteiger partial charge on any atom is -0.409 e. The zero-order chi connectivity index (χ0) is 13.8. The molecule has 2 unspecified atom stereocenters. The largest absolute Gasteiger partial charge is 0.409 e. The number of rotatable bonds is 3. The van der Waals surface area contributed by atoms with Gasteiger partial charge in [0, 0.05) is 15.7 Å². The standard InChI is InChI=1S/C15H22N2OS/c1-10-4-3-5-12(8-10)19-14-9-11(2)6-7-13(14)15(16)17-18/h6-7,9-10,12,18H,3-5,8H2,1-2H3,(H2,16,17). The molecule has 1 aromatic rings. The molecule has 0 aromatic heterocycles. The Morgan fingerprint density at radius 2 is 2.21 bits per heavy atom. The predicted octanol–water partition coefficient (Wildman–Crippen LogP) is 3.76. The summed E-state index contributed by atoms with van der Waals surface area (Å²) in [6.45, 7) is 4.40. The molecule has 1 fully saturated rings. The molecule has 1 aliphatic rings. The van der Waals surface area contributed by atoms with Gasteiger partial charge in [-0.15, -0.1) is 11.8 Å². The van der Waals surface area contributed by atoms with E-state index in [0.29, 0.717) is 5.25 Å². The Morgan fingerprint density at radius 3 is 2.89 bits per heavy atom. The van der Waals surface area contributed by atoms with Gasteiger partial charge < -0.3 is 10.9 Å². The maximum Gasteiger partial charge on any atom is 0.171 e. The quantitative estimate of drug-likeness (QED) is 0.383. The van der Waals surface area contributed by atoms with Gasteiger partial charge in [-0.1, -0.05) is 31.0 Å². The van der Waals surface area contributed by atoms with Crippen molar-refractivity contribution in [3.05, 3.63) is 29.3 Å². The Kier molecular flexibility index (Phi) is 4.75. The van der Waals surface area contributed by atoms with E-state index in [4.69, 9.17) is 10.9 Å². The van der Waals surface area contributed by atoms with E-state index in [2.05, 4.69) is 25.1 Å². The van der Waals surface area contributed by atoms with Crippen LogP contribution in [0.1, 0.15) is 43.7 Å². The molecule has 2 atom stereocenters.